The second-order valence-electron chi connectivity index (χ2n) is 3.54. The van der Waals surface area contributed by atoms with Gasteiger partial charge in [0, 0.05) is 0 Å². The van der Waals surface area contributed by atoms with Gasteiger partial charge in [-0.2, -0.15) is 0 Å². The van der Waals surface area contributed by atoms with Crippen LogP contribution in [0.3, 0.4) is 0 Å². The SMILES string of the molecule is C=C(CCC=C(C)C)[C@@H](C)C(=O)O. The molecule has 0 aromatic rings. The molecule has 1 N–H and O–H groups in total. The summed E-state index contributed by atoms with van der Waals surface area (Å²) >= 11 is 0. The Bertz CT molecular complexity index is 222. The first-order chi connectivity index (χ1) is 5.95. The smallest absolute Gasteiger partial charge is 0.310 e. The number of carbonyl (C=O) groups is 1. The molecule has 0 saturated heterocycles. The molecule has 0 aromatic heterocycles. The molecule has 0 radical (unpaired) electrons. The standard InChI is InChI=1S/C11H18O2/c1-8(2)6-5-7-9(3)10(4)11(12)13/h6,10H,3,5,7H2,1-2,4H3,(H,12,13)/t10-/m1/s1. The lowest BCUT2D eigenvalue weighted by atomic mass is 9.98. The third-order valence-electron chi connectivity index (χ3n) is 2.00. The van der Waals surface area contributed by atoms with E-state index in [1.807, 2.05) is 13.8 Å². The van der Waals surface area contributed by atoms with Crippen LogP contribution in [0.2, 0.25) is 0 Å². The van der Waals surface area contributed by atoms with Gasteiger partial charge in [0.05, 0.1) is 5.92 Å². The van der Waals surface area contributed by atoms with Crippen LogP contribution in [-0.2, 0) is 4.79 Å². The van der Waals surface area contributed by atoms with Gasteiger partial charge in [0.2, 0.25) is 0 Å². The second-order valence-corrected chi connectivity index (χ2v) is 3.54. The van der Waals surface area contributed by atoms with Gasteiger partial charge in [-0.15, -0.1) is 0 Å². The highest BCUT2D eigenvalue weighted by atomic mass is 16.4. The van der Waals surface area contributed by atoms with Crippen LogP contribution >= 0.6 is 0 Å². The van der Waals surface area contributed by atoms with Gasteiger partial charge in [-0.05, 0) is 33.6 Å². The number of allylic oxidation sites excluding steroid dienone is 2. The summed E-state index contributed by atoms with van der Waals surface area (Å²) in [6.45, 7) is 9.50. The van der Waals surface area contributed by atoms with Crippen LogP contribution in [-0.4, -0.2) is 11.1 Å². The van der Waals surface area contributed by atoms with Gasteiger partial charge in [0.15, 0.2) is 0 Å². The summed E-state index contributed by atoms with van der Waals surface area (Å²) in [5.74, 6) is -1.22. The van der Waals surface area contributed by atoms with E-state index in [9.17, 15) is 4.79 Å². The Labute approximate surface area is 80.0 Å². The van der Waals surface area contributed by atoms with Gasteiger partial charge in [-0.1, -0.05) is 23.8 Å². The fourth-order valence-corrected chi connectivity index (χ4v) is 0.937. The molecule has 13 heavy (non-hydrogen) atoms. The van der Waals surface area contributed by atoms with E-state index in [0.717, 1.165) is 18.4 Å². The quantitative estimate of drug-likeness (QED) is 0.663. The first kappa shape index (κ1) is 11.9. The van der Waals surface area contributed by atoms with Crippen LogP contribution in [0.15, 0.2) is 23.8 Å². The zero-order valence-electron chi connectivity index (χ0n) is 8.63. The molecule has 74 valence electrons. The number of aliphatic carboxylic acids is 1. The number of carboxylic acid groups (broad SMARTS) is 1. The topological polar surface area (TPSA) is 37.3 Å². The van der Waals surface area contributed by atoms with E-state index in [-0.39, 0.29) is 0 Å². The zero-order chi connectivity index (χ0) is 10.4. The minimum absolute atomic E-state index is 0.425. The number of hydrogen-bond donors (Lipinski definition) is 1. The molecular formula is C11H18O2. The maximum absolute atomic E-state index is 10.6. The average Bonchev–Trinajstić information content (AvgIpc) is 2.02. The van der Waals surface area contributed by atoms with Gasteiger partial charge >= 0.3 is 5.97 Å². The third-order valence-corrected chi connectivity index (χ3v) is 2.00. The summed E-state index contributed by atoms with van der Waals surface area (Å²) in [5, 5.41) is 8.68. The molecule has 0 spiro atoms. The predicted molar refractivity (Wildman–Crippen MR) is 54.6 cm³/mol. The van der Waals surface area contributed by atoms with Crippen LogP contribution in [0.4, 0.5) is 0 Å². The van der Waals surface area contributed by atoms with Crippen molar-refractivity contribution in [2.75, 3.05) is 0 Å². The van der Waals surface area contributed by atoms with Crippen LogP contribution in [0.5, 0.6) is 0 Å². The Hall–Kier alpha value is -1.05. The lowest BCUT2D eigenvalue weighted by molar-refractivity contribution is -0.139. The van der Waals surface area contributed by atoms with Crippen molar-refractivity contribution < 1.29 is 9.90 Å². The van der Waals surface area contributed by atoms with Gasteiger partial charge in [-0.25, -0.2) is 0 Å². The highest BCUT2D eigenvalue weighted by molar-refractivity contribution is 5.72. The highest BCUT2D eigenvalue weighted by Crippen LogP contribution is 2.15. The summed E-state index contributed by atoms with van der Waals surface area (Å²) in [4.78, 5) is 10.6. The van der Waals surface area contributed by atoms with Crippen LogP contribution in [0.1, 0.15) is 33.6 Å². The molecule has 0 fully saturated rings. The van der Waals surface area contributed by atoms with E-state index in [2.05, 4.69) is 12.7 Å². The van der Waals surface area contributed by atoms with Crippen LogP contribution in [0, 0.1) is 5.92 Å². The van der Waals surface area contributed by atoms with Crippen molar-refractivity contribution in [1.82, 2.24) is 0 Å². The zero-order valence-corrected chi connectivity index (χ0v) is 8.63. The predicted octanol–water partition coefficient (Wildman–Crippen LogP) is 3.01. The van der Waals surface area contributed by atoms with Crippen molar-refractivity contribution in [3.8, 4) is 0 Å². The lowest BCUT2D eigenvalue weighted by Crippen LogP contribution is -2.11. The van der Waals surface area contributed by atoms with Crippen molar-refractivity contribution >= 4 is 5.97 Å². The maximum atomic E-state index is 10.6. The van der Waals surface area contributed by atoms with Crippen molar-refractivity contribution in [2.45, 2.75) is 33.6 Å². The molecule has 1 atom stereocenters. The summed E-state index contributed by atoms with van der Waals surface area (Å²) in [6.07, 6.45) is 3.75. The molecule has 0 aliphatic rings. The van der Waals surface area contributed by atoms with Crippen molar-refractivity contribution in [3.63, 3.8) is 0 Å². The minimum atomic E-state index is -0.790. The molecule has 2 nitrogen and oxygen atoms in total. The average molecular weight is 182 g/mol. The molecule has 2 heteroatoms. The van der Waals surface area contributed by atoms with E-state index < -0.39 is 11.9 Å². The normalized spacial score (nSPS) is 11.9. The van der Waals surface area contributed by atoms with Gasteiger partial charge in [0.1, 0.15) is 0 Å². The van der Waals surface area contributed by atoms with E-state index >= 15 is 0 Å². The Morgan fingerprint density at radius 3 is 2.46 bits per heavy atom. The van der Waals surface area contributed by atoms with E-state index in [4.69, 9.17) is 5.11 Å². The lowest BCUT2D eigenvalue weighted by Gasteiger charge is -2.08. The number of carboxylic acids is 1. The first-order valence-corrected chi connectivity index (χ1v) is 4.49. The van der Waals surface area contributed by atoms with Crippen molar-refractivity contribution in [3.05, 3.63) is 23.8 Å². The molecule has 0 aromatic carbocycles. The summed E-state index contributed by atoms with van der Waals surface area (Å²) in [6, 6.07) is 0. The van der Waals surface area contributed by atoms with Crippen LogP contribution in [0.25, 0.3) is 0 Å². The molecule has 0 rings (SSSR count). The molecule has 0 unspecified atom stereocenters. The Balaban J connectivity index is 3.89. The van der Waals surface area contributed by atoms with Gasteiger partial charge in [0.25, 0.3) is 0 Å². The summed E-state index contributed by atoms with van der Waals surface area (Å²) < 4.78 is 0. The minimum Gasteiger partial charge on any atom is -0.481 e. The van der Waals surface area contributed by atoms with E-state index in [1.54, 1.807) is 6.92 Å². The Morgan fingerprint density at radius 1 is 1.54 bits per heavy atom. The van der Waals surface area contributed by atoms with Gasteiger partial charge in [-0.3, -0.25) is 4.79 Å². The summed E-state index contributed by atoms with van der Waals surface area (Å²) in [5.41, 5.74) is 2.06. The fourth-order valence-electron chi connectivity index (χ4n) is 0.937. The molecule has 0 heterocycles. The van der Waals surface area contributed by atoms with Crippen molar-refractivity contribution in [2.24, 2.45) is 5.92 Å². The van der Waals surface area contributed by atoms with Gasteiger partial charge < -0.3 is 5.11 Å². The Morgan fingerprint density at radius 2 is 2.08 bits per heavy atom. The fraction of sp³-hybridized carbons (Fsp3) is 0.545. The monoisotopic (exact) mass is 182 g/mol. The number of rotatable bonds is 5. The molecule has 0 amide bonds. The maximum Gasteiger partial charge on any atom is 0.310 e. The number of hydrogen-bond acceptors (Lipinski definition) is 1. The summed E-state index contributed by atoms with van der Waals surface area (Å²) in [7, 11) is 0. The van der Waals surface area contributed by atoms with Crippen molar-refractivity contribution in [1.29, 1.82) is 0 Å². The highest BCUT2D eigenvalue weighted by Gasteiger charge is 2.13. The Kier molecular flexibility index (Phi) is 5.12. The van der Waals surface area contributed by atoms with E-state index in [0.29, 0.717) is 0 Å². The molecule has 0 bridgehead atoms. The largest absolute Gasteiger partial charge is 0.481 e. The molecule has 0 aliphatic carbocycles. The first-order valence-electron chi connectivity index (χ1n) is 4.49. The second kappa shape index (κ2) is 5.57. The molecular weight excluding hydrogens is 164 g/mol. The van der Waals surface area contributed by atoms with E-state index in [1.165, 1.54) is 5.57 Å². The molecule has 0 saturated carbocycles. The third kappa shape index (κ3) is 5.23. The van der Waals surface area contributed by atoms with Crippen LogP contribution < -0.4 is 0 Å². The molecule has 0 aliphatic heterocycles.